The molecule has 0 saturated heterocycles. The smallest absolute Gasteiger partial charge is 0.263 e. The summed E-state index contributed by atoms with van der Waals surface area (Å²) in [5.41, 5.74) is 5.53. The van der Waals surface area contributed by atoms with Crippen molar-refractivity contribution in [2.24, 2.45) is 0 Å². The second-order valence-electron chi connectivity index (χ2n) is 9.81. The Hall–Kier alpha value is -2.87. The number of aromatic nitrogens is 2. The summed E-state index contributed by atoms with van der Waals surface area (Å²) in [6.07, 6.45) is 8.87. The molecule has 1 heterocycles. The molecule has 0 spiro atoms. The van der Waals surface area contributed by atoms with Crippen LogP contribution in [0.4, 0.5) is 11.6 Å². The van der Waals surface area contributed by atoms with Crippen LogP contribution in [0.15, 0.2) is 59.6 Å². The molecule has 1 saturated carbocycles. The van der Waals surface area contributed by atoms with Crippen LogP contribution in [0.25, 0.3) is 22.0 Å². The summed E-state index contributed by atoms with van der Waals surface area (Å²) in [5, 5.41) is 4.91. The zero-order valence-electron chi connectivity index (χ0n) is 21.4. The Balaban J connectivity index is 1.43. The van der Waals surface area contributed by atoms with Crippen molar-refractivity contribution in [2.45, 2.75) is 63.3 Å². The van der Waals surface area contributed by atoms with Gasteiger partial charge in [0.25, 0.3) is 10.0 Å². The summed E-state index contributed by atoms with van der Waals surface area (Å²) >= 11 is 12.1. The van der Waals surface area contributed by atoms with Crippen LogP contribution in [-0.4, -0.2) is 24.4 Å². The number of hydrogen-bond acceptors (Lipinski definition) is 5. The van der Waals surface area contributed by atoms with E-state index in [-0.39, 0.29) is 9.92 Å². The zero-order valence-corrected chi connectivity index (χ0v) is 23.7. The fourth-order valence-electron chi connectivity index (χ4n) is 5.09. The van der Waals surface area contributed by atoms with Gasteiger partial charge in [0.05, 0.1) is 10.5 Å². The molecule has 6 nitrogen and oxygen atoms in total. The molecule has 38 heavy (non-hydrogen) atoms. The lowest BCUT2D eigenvalue weighted by Gasteiger charge is -2.22. The van der Waals surface area contributed by atoms with E-state index in [0.717, 1.165) is 39.6 Å². The Morgan fingerprint density at radius 2 is 1.79 bits per heavy atom. The Labute approximate surface area is 233 Å². The first kappa shape index (κ1) is 26.7. The van der Waals surface area contributed by atoms with Crippen LogP contribution in [0.3, 0.4) is 0 Å². The van der Waals surface area contributed by atoms with E-state index in [0.29, 0.717) is 22.7 Å². The molecular weight excluding hydrogens is 539 g/mol. The maximum atomic E-state index is 13.0. The molecule has 198 valence electrons. The standard InChI is InChI=1S/C29H30Cl2N4O2S/c1-3-19-14-20(15-21-17-32-29(34-28(19)21)33-23-7-5-4-6-8-23)25-11-10-24(13-18(25)2)35-38(36,37)27-16-22(30)9-12-26(27)31/h9-17,23,35H,3-8H2,1-2H3,(H,32,33,34). The molecule has 0 unspecified atom stereocenters. The van der Waals surface area contributed by atoms with E-state index < -0.39 is 10.0 Å². The molecule has 0 atom stereocenters. The second kappa shape index (κ2) is 11.1. The number of rotatable bonds is 7. The minimum atomic E-state index is -3.90. The number of anilines is 2. The lowest BCUT2D eigenvalue weighted by Crippen LogP contribution is -2.23. The van der Waals surface area contributed by atoms with E-state index in [4.69, 9.17) is 28.2 Å². The van der Waals surface area contributed by atoms with Crippen molar-refractivity contribution in [3.63, 3.8) is 0 Å². The third-order valence-corrected chi connectivity index (χ3v) is 9.15. The highest BCUT2D eigenvalue weighted by Gasteiger charge is 2.20. The summed E-state index contributed by atoms with van der Waals surface area (Å²) in [6.45, 7) is 4.09. The lowest BCUT2D eigenvalue weighted by atomic mass is 9.95. The van der Waals surface area contributed by atoms with Gasteiger partial charge in [0, 0.05) is 28.3 Å². The molecule has 1 aliphatic rings. The Morgan fingerprint density at radius 1 is 1.00 bits per heavy atom. The number of aryl methyl sites for hydroxylation is 2. The quantitative estimate of drug-likeness (QED) is 0.236. The van der Waals surface area contributed by atoms with E-state index in [1.165, 1.54) is 44.2 Å². The maximum Gasteiger partial charge on any atom is 0.263 e. The summed E-state index contributed by atoms with van der Waals surface area (Å²) in [4.78, 5) is 9.42. The van der Waals surface area contributed by atoms with E-state index in [1.807, 2.05) is 25.3 Å². The van der Waals surface area contributed by atoms with Gasteiger partial charge in [0.2, 0.25) is 5.95 Å². The van der Waals surface area contributed by atoms with Crippen molar-refractivity contribution < 1.29 is 8.42 Å². The number of fused-ring (bicyclic) bond motifs is 1. The van der Waals surface area contributed by atoms with Crippen LogP contribution in [-0.2, 0) is 16.4 Å². The van der Waals surface area contributed by atoms with Crippen LogP contribution in [0, 0.1) is 6.92 Å². The number of sulfonamides is 1. The van der Waals surface area contributed by atoms with Gasteiger partial charge >= 0.3 is 0 Å². The van der Waals surface area contributed by atoms with Crippen molar-refractivity contribution in [3.8, 4) is 11.1 Å². The summed E-state index contributed by atoms with van der Waals surface area (Å²) < 4.78 is 28.5. The maximum absolute atomic E-state index is 13.0. The fraction of sp³-hybridized carbons (Fsp3) is 0.310. The number of hydrogen-bond donors (Lipinski definition) is 2. The molecule has 2 N–H and O–H groups in total. The first-order chi connectivity index (χ1) is 18.2. The molecule has 0 amide bonds. The molecule has 1 aliphatic carbocycles. The third-order valence-electron chi connectivity index (χ3n) is 7.05. The largest absolute Gasteiger partial charge is 0.351 e. The molecule has 0 bridgehead atoms. The molecule has 1 fully saturated rings. The van der Waals surface area contributed by atoms with Crippen LogP contribution in [0.1, 0.15) is 50.2 Å². The van der Waals surface area contributed by atoms with Crippen LogP contribution >= 0.6 is 23.2 Å². The fourth-order valence-corrected chi connectivity index (χ4v) is 6.90. The van der Waals surface area contributed by atoms with Gasteiger partial charge < -0.3 is 5.32 Å². The van der Waals surface area contributed by atoms with Crippen molar-refractivity contribution in [1.29, 1.82) is 0 Å². The summed E-state index contributed by atoms with van der Waals surface area (Å²) in [6, 6.07) is 14.6. The highest BCUT2D eigenvalue weighted by Crippen LogP contribution is 2.33. The van der Waals surface area contributed by atoms with Crippen molar-refractivity contribution >= 4 is 55.8 Å². The SMILES string of the molecule is CCc1cc(-c2ccc(NS(=O)(=O)c3cc(Cl)ccc3Cl)cc2C)cc2cnc(NC3CCCCC3)nc12. The third kappa shape index (κ3) is 5.75. The lowest BCUT2D eigenvalue weighted by molar-refractivity contribution is 0.461. The summed E-state index contributed by atoms with van der Waals surface area (Å²) in [5.74, 6) is 0.694. The van der Waals surface area contributed by atoms with Crippen LogP contribution < -0.4 is 10.0 Å². The van der Waals surface area contributed by atoms with Gasteiger partial charge in [0.1, 0.15) is 4.90 Å². The molecule has 5 rings (SSSR count). The molecular formula is C29H30Cl2N4O2S. The Bertz CT molecular complexity index is 1600. The van der Waals surface area contributed by atoms with Crippen molar-refractivity contribution in [1.82, 2.24) is 9.97 Å². The Kier molecular flexibility index (Phi) is 7.80. The first-order valence-corrected chi connectivity index (χ1v) is 15.1. The molecule has 9 heteroatoms. The highest BCUT2D eigenvalue weighted by atomic mass is 35.5. The van der Waals surface area contributed by atoms with Crippen LogP contribution in [0.2, 0.25) is 10.0 Å². The van der Waals surface area contributed by atoms with E-state index >= 15 is 0 Å². The average molecular weight is 570 g/mol. The molecule has 0 radical (unpaired) electrons. The average Bonchev–Trinajstić information content (AvgIpc) is 2.90. The molecule has 4 aromatic rings. The summed E-state index contributed by atoms with van der Waals surface area (Å²) in [7, 11) is -3.90. The Morgan fingerprint density at radius 3 is 2.53 bits per heavy atom. The van der Waals surface area contributed by atoms with Crippen LogP contribution in [0.5, 0.6) is 0 Å². The van der Waals surface area contributed by atoms with E-state index in [1.54, 1.807) is 12.1 Å². The predicted molar refractivity (Wildman–Crippen MR) is 157 cm³/mol. The number of nitrogens with one attached hydrogen (secondary N) is 2. The van der Waals surface area contributed by atoms with Gasteiger partial charge in [-0.2, -0.15) is 0 Å². The number of nitrogens with zero attached hydrogens (tertiary/aromatic N) is 2. The highest BCUT2D eigenvalue weighted by molar-refractivity contribution is 7.92. The predicted octanol–water partition coefficient (Wildman–Crippen LogP) is 8.02. The molecule has 3 aromatic carbocycles. The topological polar surface area (TPSA) is 84.0 Å². The van der Waals surface area contributed by atoms with Gasteiger partial charge in [-0.05, 0) is 90.9 Å². The van der Waals surface area contributed by atoms with Gasteiger partial charge in [-0.15, -0.1) is 0 Å². The first-order valence-electron chi connectivity index (χ1n) is 12.9. The second-order valence-corrected chi connectivity index (χ2v) is 12.3. The van der Waals surface area contributed by atoms with Gasteiger partial charge in [-0.25, -0.2) is 18.4 Å². The van der Waals surface area contributed by atoms with Gasteiger partial charge in [0.15, 0.2) is 0 Å². The number of benzene rings is 3. The van der Waals surface area contributed by atoms with Crippen molar-refractivity contribution in [3.05, 3.63) is 75.9 Å². The minimum Gasteiger partial charge on any atom is -0.351 e. The number of halogens is 2. The van der Waals surface area contributed by atoms with Gasteiger partial charge in [-0.3, -0.25) is 4.72 Å². The normalized spacial score (nSPS) is 14.5. The van der Waals surface area contributed by atoms with Gasteiger partial charge in [-0.1, -0.05) is 55.5 Å². The van der Waals surface area contributed by atoms with E-state index in [2.05, 4.69) is 34.1 Å². The molecule has 0 aliphatic heterocycles. The minimum absolute atomic E-state index is 0.0622. The van der Waals surface area contributed by atoms with Crippen molar-refractivity contribution in [2.75, 3.05) is 10.0 Å². The monoisotopic (exact) mass is 568 g/mol. The van der Waals surface area contributed by atoms with E-state index in [9.17, 15) is 8.42 Å². The molecule has 1 aromatic heterocycles. The zero-order chi connectivity index (χ0) is 26.9.